The molecule has 2 aromatic carbocycles. The summed E-state index contributed by atoms with van der Waals surface area (Å²) in [5.41, 5.74) is 1.03. The van der Waals surface area contributed by atoms with Gasteiger partial charge in [0.15, 0.2) is 0 Å². The Bertz CT molecular complexity index is 578. The number of hydrogen-bond donors (Lipinski definition) is 0. The fraction of sp³-hybridized carbons (Fsp3) is 0. The van der Waals surface area contributed by atoms with Crippen LogP contribution in [0.3, 0.4) is 0 Å². The molecule has 0 nitrogen and oxygen atoms in total. The van der Waals surface area contributed by atoms with Crippen LogP contribution in [0.1, 0.15) is 0 Å². The van der Waals surface area contributed by atoms with E-state index in [0.29, 0.717) is 11.1 Å². The Morgan fingerprint density at radius 3 is 1.44 bits per heavy atom. The average Bonchev–Trinajstić information content (AvgIpc) is 2.36. The Morgan fingerprint density at radius 2 is 1.00 bits per heavy atom. The largest absolute Gasteiger partial charge is 0.207 e. The summed E-state index contributed by atoms with van der Waals surface area (Å²) in [6.45, 7) is 0. The quantitative estimate of drug-likeness (QED) is 0.396. The van der Waals surface area contributed by atoms with Gasteiger partial charge < -0.3 is 0 Å². The monoisotopic (exact) mass is 342 g/mol. The highest BCUT2D eigenvalue weighted by atomic mass is 35.5. The van der Waals surface area contributed by atoms with Gasteiger partial charge in [0.1, 0.15) is 5.82 Å². The first-order valence-electron chi connectivity index (χ1n) is 4.71. The summed E-state index contributed by atoms with van der Waals surface area (Å²) in [6, 6.07) is 5.64. The third-order valence-corrected chi connectivity index (χ3v) is 4.62. The zero-order valence-corrected chi connectivity index (χ0v) is 12.4. The van der Waals surface area contributed by atoms with Crippen molar-refractivity contribution in [2.75, 3.05) is 0 Å². The second-order valence-electron chi connectivity index (χ2n) is 3.45. The average molecular weight is 344 g/mol. The van der Waals surface area contributed by atoms with Crippen molar-refractivity contribution in [3.8, 4) is 11.1 Å². The molecule has 0 heterocycles. The van der Waals surface area contributed by atoms with Gasteiger partial charge in [0.25, 0.3) is 0 Å². The van der Waals surface area contributed by atoms with Gasteiger partial charge in [0.05, 0.1) is 25.1 Å². The fourth-order valence-electron chi connectivity index (χ4n) is 1.47. The Morgan fingerprint density at radius 1 is 0.611 bits per heavy atom. The van der Waals surface area contributed by atoms with Crippen LogP contribution in [0.5, 0.6) is 0 Å². The van der Waals surface area contributed by atoms with Crippen LogP contribution in [0.15, 0.2) is 24.3 Å². The normalized spacial score (nSPS) is 10.8. The molecule has 18 heavy (non-hydrogen) atoms. The minimum atomic E-state index is -0.364. The maximum Gasteiger partial charge on any atom is 0.123 e. The van der Waals surface area contributed by atoms with Gasteiger partial charge in [0, 0.05) is 5.56 Å². The molecular weight excluding hydrogens is 340 g/mol. The third kappa shape index (κ3) is 2.43. The van der Waals surface area contributed by atoms with Gasteiger partial charge in [-0.25, -0.2) is 4.39 Å². The van der Waals surface area contributed by atoms with E-state index in [9.17, 15) is 4.39 Å². The van der Waals surface area contributed by atoms with Crippen molar-refractivity contribution in [3.63, 3.8) is 0 Å². The molecular formula is C12H4Cl5F. The summed E-state index contributed by atoms with van der Waals surface area (Å²) in [6.07, 6.45) is 0. The number of benzene rings is 2. The summed E-state index contributed by atoms with van der Waals surface area (Å²) < 4.78 is 12.9. The van der Waals surface area contributed by atoms with Crippen molar-refractivity contribution in [1.82, 2.24) is 0 Å². The highest BCUT2D eigenvalue weighted by Gasteiger charge is 2.20. The van der Waals surface area contributed by atoms with E-state index >= 15 is 0 Å². The standard InChI is InChI=1S/C12H4Cl5F/c13-8-7(5-1-3-6(18)4-2-5)9(14)11(16)12(17)10(8)15/h1-4H. The maximum atomic E-state index is 12.9. The van der Waals surface area contributed by atoms with Gasteiger partial charge >= 0.3 is 0 Å². The Balaban J connectivity index is 2.75. The van der Waals surface area contributed by atoms with Crippen LogP contribution in [-0.2, 0) is 0 Å². The van der Waals surface area contributed by atoms with Crippen molar-refractivity contribution in [2.24, 2.45) is 0 Å². The van der Waals surface area contributed by atoms with E-state index in [0.717, 1.165) is 0 Å². The van der Waals surface area contributed by atoms with Crippen LogP contribution in [-0.4, -0.2) is 0 Å². The molecule has 0 saturated carbocycles. The van der Waals surface area contributed by atoms with E-state index in [1.54, 1.807) is 0 Å². The molecule has 0 aromatic heterocycles. The molecule has 0 fully saturated rings. The molecule has 0 atom stereocenters. The molecule has 6 heteroatoms. The predicted molar refractivity (Wildman–Crippen MR) is 76.9 cm³/mol. The molecule has 0 bridgehead atoms. The van der Waals surface area contributed by atoms with E-state index < -0.39 is 0 Å². The molecule has 0 radical (unpaired) electrons. The molecule has 0 N–H and O–H groups in total. The number of rotatable bonds is 1. The molecule has 0 saturated heterocycles. The lowest BCUT2D eigenvalue weighted by Gasteiger charge is -2.12. The van der Waals surface area contributed by atoms with E-state index in [4.69, 9.17) is 58.0 Å². The van der Waals surface area contributed by atoms with Crippen LogP contribution in [0.4, 0.5) is 4.39 Å². The van der Waals surface area contributed by atoms with Crippen molar-refractivity contribution >= 4 is 58.0 Å². The van der Waals surface area contributed by atoms with Gasteiger partial charge in [-0.05, 0) is 17.7 Å². The zero-order chi connectivity index (χ0) is 13.4. The third-order valence-electron chi connectivity index (χ3n) is 2.34. The Kier molecular flexibility index (Phi) is 4.30. The lowest BCUT2D eigenvalue weighted by atomic mass is 10.1. The topological polar surface area (TPSA) is 0 Å². The van der Waals surface area contributed by atoms with Crippen LogP contribution in [0.2, 0.25) is 25.1 Å². The minimum Gasteiger partial charge on any atom is -0.207 e. The molecule has 2 aromatic rings. The molecule has 0 aliphatic rings. The Hall–Kier alpha value is -0.180. The van der Waals surface area contributed by atoms with Crippen molar-refractivity contribution in [1.29, 1.82) is 0 Å². The SMILES string of the molecule is Fc1ccc(-c2c(Cl)c(Cl)c(Cl)c(Cl)c2Cl)cc1. The van der Waals surface area contributed by atoms with E-state index in [-0.39, 0.29) is 30.9 Å². The molecule has 2 rings (SSSR count). The highest BCUT2D eigenvalue weighted by molar-refractivity contribution is 6.56. The summed E-state index contributed by atoms with van der Waals surface area (Å²) >= 11 is 30.0. The Labute approximate surface area is 128 Å². The van der Waals surface area contributed by atoms with Crippen LogP contribution < -0.4 is 0 Å². The first kappa shape index (κ1) is 14.2. The van der Waals surface area contributed by atoms with Gasteiger partial charge in [0.2, 0.25) is 0 Å². The molecule has 0 aliphatic carbocycles. The van der Waals surface area contributed by atoms with E-state index in [1.165, 1.54) is 24.3 Å². The van der Waals surface area contributed by atoms with Gasteiger partial charge in [-0.1, -0.05) is 70.1 Å². The van der Waals surface area contributed by atoms with Gasteiger partial charge in [-0.15, -0.1) is 0 Å². The second kappa shape index (κ2) is 5.44. The summed E-state index contributed by atoms with van der Waals surface area (Å²) in [5, 5.41) is 0.698. The zero-order valence-electron chi connectivity index (χ0n) is 8.58. The lowest BCUT2D eigenvalue weighted by Crippen LogP contribution is -1.87. The predicted octanol–water partition coefficient (Wildman–Crippen LogP) is 6.76. The lowest BCUT2D eigenvalue weighted by molar-refractivity contribution is 0.628. The molecule has 0 aliphatic heterocycles. The number of hydrogen-bond acceptors (Lipinski definition) is 0. The van der Waals surface area contributed by atoms with Crippen molar-refractivity contribution < 1.29 is 4.39 Å². The fourth-order valence-corrected chi connectivity index (χ4v) is 2.83. The smallest absolute Gasteiger partial charge is 0.123 e. The molecule has 94 valence electrons. The van der Waals surface area contributed by atoms with E-state index in [2.05, 4.69) is 0 Å². The minimum absolute atomic E-state index is 0.0965. The summed E-state index contributed by atoms with van der Waals surface area (Å²) in [4.78, 5) is 0. The molecule has 0 unspecified atom stereocenters. The van der Waals surface area contributed by atoms with Crippen LogP contribution in [0, 0.1) is 5.82 Å². The van der Waals surface area contributed by atoms with Crippen LogP contribution >= 0.6 is 58.0 Å². The van der Waals surface area contributed by atoms with Crippen molar-refractivity contribution in [3.05, 3.63) is 55.2 Å². The van der Waals surface area contributed by atoms with Gasteiger partial charge in [-0.3, -0.25) is 0 Å². The van der Waals surface area contributed by atoms with E-state index in [1.807, 2.05) is 0 Å². The van der Waals surface area contributed by atoms with Crippen LogP contribution in [0.25, 0.3) is 11.1 Å². The first-order valence-corrected chi connectivity index (χ1v) is 6.60. The summed E-state index contributed by atoms with van der Waals surface area (Å²) in [5.74, 6) is -0.364. The van der Waals surface area contributed by atoms with Crippen molar-refractivity contribution in [2.45, 2.75) is 0 Å². The molecule has 0 spiro atoms. The first-order chi connectivity index (χ1) is 8.43. The highest BCUT2D eigenvalue weighted by Crippen LogP contribution is 2.48. The molecule has 0 amide bonds. The number of halogens is 6. The second-order valence-corrected chi connectivity index (χ2v) is 5.34. The summed E-state index contributed by atoms with van der Waals surface area (Å²) in [7, 11) is 0. The van der Waals surface area contributed by atoms with Gasteiger partial charge in [-0.2, -0.15) is 0 Å². The maximum absolute atomic E-state index is 12.9.